The van der Waals surface area contributed by atoms with Gasteiger partial charge >= 0.3 is 5.97 Å². The van der Waals surface area contributed by atoms with Gasteiger partial charge in [-0.05, 0) is 17.5 Å². The van der Waals surface area contributed by atoms with Crippen molar-refractivity contribution in [3.05, 3.63) is 46.2 Å². The third-order valence-corrected chi connectivity index (χ3v) is 4.86. The minimum absolute atomic E-state index is 0.00990. The van der Waals surface area contributed by atoms with Crippen LogP contribution in [0.2, 0.25) is 0 Å². The van der Waals surface area contributed by atoms with Crippen LogP contribution in [0.3, 0.4) is 0 Å². The van der Waals surface area contributed by atoms with Gasteiger partial charge in [0.2, 0.25) is 0 Å². The number of benzene rings is 1. The summed E-state index contributed by atoms with van der Waals surface area (Å²) >= 11 is 0. The summed E-state index contributed by atoms with van der Waals surface area (Å²) in [6, 6.07) is 9.87. The number of ether oxygens (including phenoxy) is 1. The smallest absolute Gasteiger partial charge is 0.310 e. The molecule has 3 heterocycles. The molecule has 114 valence electrons. The van der Waals surface area contributed by atoms with Crippen molar-refractivity contribution >= 4 is 16.9 Å². The molecule has 0 bridgehead atoms. The zero-order valence-corrected chi connectivity index (χ0v) is 12.5. The molecule has 1 aromatic heterocycles. The monoisotopic (exact) mass is 298 g/mol. The maximum absolute atomic E-state index is 12.5. The maximum atomic E-state index is 12.5. The first-order valence-corrected chi connectivity index (χ1v) is 7.60. The Morgan fingerprint density at radius 1 is 1.23 bits per heavy atom. The zero-order valence-electron chi connectivity index (χ0n) is 12.5. The molecule has 0 amide bonds. The number of hydrogen-bond donors (Lipinski definition) is 0. The highest BCUT2D eigenvalue weighted by molar-refractivity contribution is 5.79. The van der Waals surface area contributed by atoms with E-state index in [9.17, 15) is 9.59 Å². The number of esters is 1. The zero-order chi connectivity index (χ0) is 15.3. The lowest BCUT2D eigenvalue weighted by molar-refractivity contribution is -0.141. The van der Waals surface area contributed by atoms with E-state index < -0.39 is 0 Å². The Morgan fingerprint density at radius 2 is 2.05 bits per heavy atom. The number of carbonyl (C=O) groups excluding carboxylic acids is 1. The van der Waals surface area contributed by atoms with Gasteiger partial charge in [-0.1, -0.05) is 18.2 Å². The molecule has 4 rings (SSSR count). The van der Waals surface area contributed by atoms with E-state index in [1.807, 2.05) is 37.4 Å². The van der Waals surface area contributed by atoms with Crippen LogP contribution in [0.1, 0.15) is 5.56 Å². The molecule has 2 fully saturated rings. The van der Waals surface area contributed by atoms with Gasteiger partial charge in [0.25, 0.3) is 5.56 Å². The van der Waals surface area contributed by atoms with Gasteiger partial charge in [0, 0.05) is 38.2 Å². The van der Waals surface area contributed by atoms with Crippen molar-refractivity contribution < 1.29 is 9.53 Å². The second-order valence-electron chi connectivity index (χ2n) is 6.28. The normalized spacial score (nSPS) is 24.7. The summed E-state index contributed by atoms with van der Waals surface area (Å²) in [6.07, 6.45) is 0. The van der Waals surface area contributed by atoms with E-state index >= 15 is 0 Å². The molecule has 0 radical (unpaired) electrons. The van der Waals surface area contributed by atoms with Crippen LogP contribution in [-0.2, 0) is 23.1 Å². The van der Waals surface area contributed by atoms with Crippen molar-refractivity contribution in [2.24, 2.45) is 18.9 Å². The Kier molecular flexibility index (Phi) is 3.04. The molecule has 2 aliphatic rings. The average Bonchev–Trinajstić information content (AvgIpc) is 3.07. The standard InChI is InChI=1S/C17H18N2O3/c1-18-15-5-3-2-4-11(15)6-12(16(18)20)7-19-8-13-10-22-17(21)14(13)9-19/h2-6,13-14H,7-10H2,1H3/t13-,14-/m1/s1. The number of para-hydroxylation sites is 1. The first kappa shape index (κ1) is 13.5. The second-order valence-corrected chi connectivity index (χ2v) is 6.28. The molecule has 5 nitrogen and oxygen atoms in total. The number of aromatic nitrogens is 1. The van der Waals surface area contributed by atoms with E-state index in [1.165, 1.54) is 0 Å². The molecule has 22 heavy (non-hydrogen) atoms. The molecule has 0 unspecified atom stereocenters. The first-order chi connectivity index (χ1) is 10.6. The van der Waals surface area contributed by atoms with Crippen LogP contribution >= 0.6 is 0 Å². The molecule has 0 saturated carbocycles. The van der Waals surface area contributed by atoms with E-state index in [1.54, 1.807) is 4.57 Å². The summed E-state index contributed by atoms with van der Waals surface area (Å²) in [5, 5.41) is 1.07. The number of likely N-dealkylation sites (tertiary alicyclic amines) is 1. The molecule has 1 aromatic carbocycles. The SMILES string of the molecule is Cn1c(=O)c(CN2C[C@@H]3COC(=O)[C@@H]3C2)cc2ccccc21. The van der Waals surface area contributed by atoms with Gasteiger partial charge in [-0.15, -0.1) is 0 Å². The maximum Gasteiger partial charge on any atom is 0.310 e. The number of rotatable bonds is 2. The Bertz CT molecular complexity index is 811. The number of cyclic esters (lactones) is 1. The summed E-state index contributed by atoms with van der Waals surface area (Å²) in [4.78, 5) is 26.4. The number of nitrogens with zero attached hydrogens (tertiary/aromatic N) is 2. The van der Waals surface area contributed by atoms with E-state index in [0.29, 0.717) is 19.7 Å². The number of pyridine rings is 1. The molecular formula is C17H18N2O3. The van der Waals surface area contributed by atoms with Crippen LogP contribution in [0, 0.1) is 11.8 Å². The van der Waals surface area contributed by atoms with E-state index in [2.05, 4.69) is 4.90 Å². The Balaban J connectivity index is 1.64. The first-order valence-electron chi connectivity index (χ1n) is 7.60. The van der Waals surface area contributed by atoms with Crippen LogP contribution in [-0.4, -0.2) is 35.1 Å². The van der Waals surface area contributed by atoms with Crippen LogP contribution in [0.5, 0.6) is 0 Å². The number of hydrogen-bond acceptors (Lipinski definition) is 4. The summed E-state index contributed by atoms with van der Waals surface area (Å²) in [5.74, 6) is 0.194. The second kappa shape index (κ2) is 4.95. The molecule has 2 atom stereocenters. The number of carbonyl (C=O) groups is 1. The Labute approximate surface area is 128 Å². The van der Waals surface area contributed by atoms with Gasteiger partial charge in [0.1, 0.15) is 0 Å². The summed E-state index contributed by atoms with van der Waals surface area (Å²) in [5.41, 5.74) is 1.77. The quantitative estimate of drug-likeness (QED) is 0.780. The fourth-order valence-corrected chi connectivity index (χ4v) is 3.67. The largest absolute Gasteiger partial charge is 0.465 e. The van der Waals surface area contributed by atoms with Crippen LogP contribution in [0.25, 0.3) is 10.9 Å². The predicted molar refractivity (Wildman–Crippen MR) is 82.4 cm³/mol. The van der Waals surface area contributed by atoms with Gasteiger partial charge in [0.15, 0.2) is 0 Å². The van der Waals surface area contributed by atoms with E-state index in [-0.39, 0.29) is 23.4 Å². The predicted octanol–water partition coefficient (Wildman–Crippen LogP) is 1.14. The van der Waals surface area contributed by atoms with Crippen molar-refractivity contribution in [3.63, 3.8) is 0 Å². The summed E-state index contributed by atoms with van der Waals surface area (Å²) in [6.45, 7) is 2.64. The van der Waals surface area contributed by atoms with Crippen LogP contribution < -0.4 is 5.56 Å². The van der Waals surface area contributed by atoms with Crippen molar-refractivity contribution in [1.82, 2.24) is 9.47 Å². The average molecular weight is 298 g/mol. The van der Waals surface area contributed by atoms with Crippen molar-refractivity contribution in [1.29, 1.82) is 0 Å². The topological polar surface area (TPSA) is 51.5 Å². The highest BCUT2D eigenvalue weighted by atomic mass is 16.5. The van der Waals surface area contributed by atoms with Gasteiger partial charge in [0.05, 0.1) is 18.0 Å². The third-order valence-electron chi connectivity index (χ3n) is 4.86. The van der Waals surface area contributed by atoms with Crippen molar-refractivity contribution in [2.75, 3.05) is 19.7 Å². The molecule has 2 saturated heterocycles. The summed E-state index contributed by atoms with van der Waals surface area (Å²) in [7, 11) is 1.81. The lowest BCUT2D eigenvalue weighted by atomic mass is 10.0. The Morgan fingerprint density at radius 3 is 2.86 bits per heavy atom. The molecule has 0 spiro atoms. The fourth-order valence-electron chi connectivity index (χ4n) is 3.67. The van der Waals surface area contributed by atoms with Crippen LogP contribution in [0.15, 0.2) is 35.1 Å². The summed E-state index contributed by atoms with van der Waals surface area (Å²) < 4.78 is 6.79. The van der Waals surface area contributed by atoms with Crippen molar-refractivity contribution in [3.8, 4) is 0 Å². The third kappa shape index (κ3) is 2.04. The van der Waals surface area contributed by atoms with Crippen molar-refractivity contribution in [2.45, 2.75) is 6.54 Å². The number of fused-ring (bicyclic) bond motifs is 2. The highest BCUT2D eigenvalue weighted by Crippen LogP contribution is 2.31. The number of aryl methyl sites for hydroxylation is 1. The van der Waals surface area contributed by atoms with E-state index in [4.69, 9.17) is 4.74 Å². The Hall–Kier alpha value is -2.14. The highest BCUT2D eigenvalue weighted by Gasteiger charge is 2.43. The van der Waals surface area contributed by atoms with Gasteiger partial charge in [-0.25, -0.2) is 0 Å². The van der Waals surface area contributed by atoms with Gasteiger partial charge < -0.3 is 9.30 Å². The minimum atomic E-state index is -0.0843. The molecule has 5 heteroatoms. The van der Waals surface area contributed by atoms with Gasteiger partial charge in [-0.3, -0.25) is 14.5 Å². The van der Waals surface area contributed by atoms with E-state index in [0.717, 1.165) is 23.0 Å². The molecule has 2 aliphatic heterocycles. The minimum Gasteiger partial charge on any atom is -0.465 e. The molecule has 2 aromatic rings. The lowest BCUT2D eigenvalue weighted by Crippen LogP contribution is -2.29. The van der Waals surface area contributed by atoms with Crippen LogP contribution in [0.4, 0.5) is 0 Å². The van der Waals surface area contributed by atoms with Gasteiger partial charge in [-0.2, -0.15) is 0 Å². The lowest BCUT2D eigenvalue weighted by Gasteiger charge is -2.17. The molecular weight excluding hydrogens is 280 g/mol. The molecule has 0 aliphatic carbocycles. The molecule has 0 N–H and O–H groups in total. The fraction of sp³-hybridized carbons (Fsp3) is 0.412.